The Labute approximate surface area is 212 Å². The van der Waals surface area contributed by atoms with E-state index in [1.54, 1.807) is 6.07 Å². The van der Waals surface area contributed by atoms with Crippen molar-refractivity contribution in [2.45, 2.75) is 51.1 Å². The summed E-state index contributed by atoms with van der Waals surface area (Å²) in [5.74, 6) is -0.548. The van der Waals surface area contributed by atoms with Gasteiger partial charge in [-0.25, -0.2) is 4.39 Å². The molecule has 2 heterocycles. The summed E-state index contributed by atoms with van der Waals surface area (Å²) in [5, 5.41) is 11.0. The fourth-order valence-corrected chi connectivity index (χ4v) is 5.35. The molecule has 3 aromatic carbocycles. The van der Waals surface area contributed by atoms with Crippen molar-refractivity contribution in [2.24, 2.45) is 0 Å². The Hall–Kier alpha value is -2.71. The zero-order valence-corrected chi connectivity index (χ0v) is 20.9. The van der Waals surface area contributed by atoms with Gasteiger partial charge in [0.15, 0.2) is 5.79 Å². The highest BCUT2D eigenvalue weighted by atomic mass is 19.1. The molecule has 0 bridgehead atoms. The van der Waals surface area contributed by atoms with Crippen LogP contribution in [-0.4, -0.2) is 48.5 Å². The lowest BCUT2D eigenvalue weighted by atomic mass is 9.62. The highest BCUT2D eigenvalue weighted by molar-refractivity contribution is 6.69. The topological polar surface area (TPSA) is 51.2 Å². The van der Waals surface area contributed by atoms with Crippen LogP contribution in [0.5, 0.6) is 5.75 Å². The van der Waals surface area contributed by atoms with Gasteiger partial charge in [0.1, 0.15) is 24.3 Å². The summed E-state index contributed by atoms with van der Waals surface area (Å²) in [6.45, 7) is 5.79. The van der Waals surface area contributed by atoms with Gasteiger partial charge in [0.2, 0.25) is 0 Å². The first-order valence-corrected chi connectivity index (χ1v) is 12.6. The Kier molecular flexibility index (Phi) is 7.44. The van der Waals surface area contributed by atoms with E-state index in [1.165, 1.54) is 17.2 Å². The predicted molar refractivity (Wildman–Crippen MR) is 139 cm³/mol. The molecule has 0 spiro atoms. The zero-order chi connectivity index (χ0) is 25.1. The van der Waals surface area contributed by atoms with E-state index in [1.807, 2.05) is 50.2 Å². The van der Waals surface area contributed by atoms with Gasteiger partial charge in [-0.3, -0.25) is 4.90 Å². The standard InChI is InChI=1S/C29H33BFNO4/c1-29(2)35-20-24(36-29)19-34-26-14-13-25(31)27-23(15-30(33)28(26)27)18-32(16-21-9-5-3-6-10-21)17-22-11-7-4-8-12-22/h3-14,23-24,33H,15-20H2,1-2H3/t23-,24+/m1/s1. The Bertz CT molecular complexity index is 1120. The van der Waals surface area contributed by atoms with Crippen LogP contribution in [0.15, 0.2) is 72.8 Å². The number of halogens is 1. The Morgan fingerprint density at radius 3 is 2.22 bits per heavy atom. The molecule has 36 heavy (non-hydrogen) atoms. The zero-order valence-electron chi connectivity index (χ0n) is 20.9. The number of benzene rings is 3. The normalized spacial score (nSPS) is 20.6. The first-order valence-electron chi connectivity index (χ1n) is 12.6. The van der Waals surface area contributed by atoms with E-state index >= 15 is 4.39 Å². The molecule has 3 aromatic rings. The van der Waals surface area contributed by atoms with E-state index in [9.17, 15) is 5.02 Å². The Morgan fingerprint density at radius 2 is 1.64 bits per heavy atom. The van der Waals surface area contributed by atoms with E-state index in [0.717, 1.165) is 13.1 Å². The lowest BCUT2D eigenvalue weighted by Crippen LogP contribution is -2.31. The van der Waals surface area contributed by atoms with Crippen molar-refractivity contribution in [1.82, 2.24) is 4.90 Å². The summed E-state index contributed by atoms with van der Waals surface area (Å²) in [6, 6.07) is 23.7. The largest absolute Gasteiger partial charge is 0.491 e. The van der Waals surface area contributed by atoms with Crippen LogP contribution < -0.4 is 10.2 Å². The number of nitrogens with zero attached hydrogens (tertiary/aromatic N) is 1. The van der Waals surface area contributed by atoms with E-state index in [-0.39, 0.29) is 24.4 Å². The molecular weight excluding hydrogens is 456 g/mol. The van der Waals surface area contributed by atoms with E-state index in [0.29, 0.717) is 36.2 Å². The van der Waals surface area contributed by atoms with E-state index in [4.69, 9.17) is 14.2 Å². The van der Waals surface area contributed by atoms with Crippen LogP contribution in [0, 0.1) is 5.82 Å². The van der Waals surface area contributed by atoms with Crippen LogP contribution in [0.4, 0.5) is 4.39 Å². The van der Waals surface area contributed by atoms with Crippen LogP contribution in [0.2, 0.25) is 6.32 Å². The molecule has 7 heteroatoms. The second-order valence-electron chi connectivity index (χ2n) is 10.2. The molecule has 0 radical (unpaired) electrons. The molecule has 5 nitrogen and oxygen atoms in total. The van der Waals surface area contributed by atoms with Crippen molar-refractivity contribution in [1.29, 1.82) is 0 Å². The van der Waals surface area contributed by atoms with Gasteiger partial charge in [-0.15, -0.1) is 0 Å². The molecule has 0 aromatic heterocycles. The maximum Gasteiger partial charge on any atom is 0.328 e. The molecule has 0 saturated carbocycles. The minimum Gasteiger partial charge on any atom is -0.491 e. The maximum absolute atomic E-state index is 15.2. The van der Waals surface area contributed by atoms with Gasteiger partial charge >= 0.3 is 6.92 Å². The lowest BCUT2D eigenvalue weighted by molar-refractivity contribution is -0.141. The van der Waals surface area contributed by atoms with Crippen molar-refractivity contribution in [3.63, 3.8) is 0 Å². The summed E-state index contributed by atoms with van der Waals surface area (Å²) < 4.78 is 32.7. The van der Waals surface area contributed by atoms with Gasteiger partial charge < -0.3 is 19.2 Å². The third-order valence-electron chi connectivity index (χ3n) is 6.91. The molecule has 2 aliphatic rings. The first kappa shape index (κ1) is 25.0. The summed E-state index contributed by atoms with van der Waals surface area (Å²) in [5.41, 5.74) is 3.53. The molecule has 1 fully saturated rings. The van der Waals surface area contributed by atoms with Crippen molar-refractivity contribution < 1.29 is 23.6 Å². The van der Waals surface area contributed by atoms with Gasteiger partial charge in [-0.05, 0) is 60.4 Å². The van der Waals surface area contributed by atoms with Crippen molar-refractivity contribution in [2.75, 3.05) is 19.8 Å². The molecular formula is C29H33BFNO4. The molecule has 0 unspecified atom stereocenters. The summed E-state index contributed by atoms with van der Waals surface area (Å²) >= 11 is 0. The fourth-order valence-electron chi connectivity index (χ4n) is 5.35. The molecule has 1 N–H and O–H groups in total. The molecule has 188 valence electrons. The second-order valence-corrected chi connectivity index (χ2v) is 10.2. The molecule has 0 amide bonds. The summed E-state index contributed by atoms with van der Waals surface area (Å²) in [7, 11) is 0. The number of fused-ring (bicyclic) bond motifs is 1. The fraction of sp³-hybridized carbons (Fsp3) is 0.379. The smallest absolute Gasteiger partial charge is 0.328 e. The quantitative estimate of drug-likeness (QED) is 0.453. The molecule has 2 aliphatic heterocycles. The Morgan fingerprint density at radius 1 is 1.00 bits per heavy atom. The third-order valence-corrected chi connectivity index (χ3v) is 6.91. The van der Waals surface area contributed by atoms with E-state index < -0.39 is 12.7 Å². The average Bonchev–Trinajstić information content (AvgIpc) is 3.39. The Balaban J connectivity index is 1.35. The third kappa shape index (κ3) is 5.81. The lowest BCUT2D eigenvalue weighted by Gasteiger charge is -2.27. The van der Waals surface area contributed by atoms with Crippen molar-refractivity contribution >= 4 is 12.4 Å². The van der Waals surface area contributed by atoms with Crippen molar-refractivity contribution in [3.05, 3.63) is 95.3 Å². The van der Waals surface area contributed by atoms with Crippen molar-refractivity contribution in [3.8, 4) is 5.75 Å². The number of hydrogen-bond donors (Lipinski definition) is 1. The average molecular weight is 489 g/mol. The number of hydrogen-bond acceptors (Lipinski definition) is 5. The molecule has 1 saturated heterocycles. The van der Waals surface area contributed by atoms with Gasteiger partial charge in [-0.1, -0.05) is 60.7 Å². The SMILES string of the molecule is CC1(C)OC[C@H](COc2ccc(F)c3c2B(O)C[C@@H]3CN(Cc2ccccc2)Cc2ccccc2)O1. The highest BCUT2D eigenvalue weighted by Crippen LogP contribution is 2.35. The van der Waals surface area contributed by atoms with Gasteiger partial charge in [0.25, 0.3) is 0 Å². The van der Waals surface area contributed by atoms with Crippen LogP contribution >= 0.6 is 0 Å². The first-order chi connectivity index (χ1) is 17.4. The minimum atomic E-state index is -0.775. The van der Waals surface area contributed by atoms with Crippen LogP contribution in [0.3, 0.4) is 0 Å². The van der Waals surface area contributed by atoms with Gasteiger partial charge in [0.05, 0.1) is 6.61 Å². The molecule has 2 atom stereocenters. The van der Waals surface area contributed by atoms with E-state index in [2.05, 4.69) is 29.2 Å². The van der Waals surface area contributed by atoms with Gasteiger partial charge in [0, 0.05) is 19.6 Å². The second kappa shape index (κ2) is 10.7. The molecule has 5 rings (SSSR count). The number of ether oxygens (including phenoxy) is 3. The minimum absolute atomic E-state index is 0.143. The van der Waals surface area contributed by atoms with Crippen LogP contribution in [0.25, 0.3) is 0 Å². The monoisotopic (exact) mass is 489 g/mol. The predicted octanol–water partition coefficient (Wildman–Crippen LogP) is 4.35. The summed E-state index contributed by atoms with van der Waals surface area (Å²) in [6.07, 6.45) is 0.255. The van der Waals surface area contributed by atoms with Crippen LogP contribution in [0.1, 0.15) is 36.5 Å². The molecule has 0 aliphatic carbocycles. The van der Waals surface area contributed by atoms with Crippen LogP contribution in [-0.2, 0) is 22.6 Å². The van der Waals surface area contributed by atoms with Gasteiger partial charge in [-0.2, -0.15) is 0 Å². The number of rotatable bonds is 9. The maximum atomic E-state index is 15.2. The summed E-state index contributed by atoms with van der Waals surface area (Å²) in [4.78, 5) is 2.33. The highest BCUT2D eigenvalue weighted by Gasteiger charge is 2.40.